The molecule has 0 aliphatic rings. The van der Waals surface area contributed by atoms with Crippen LogP contribution in [0.3, 0.4) is 0 Å². The molecule has 1 aromatic heterocycles. The Bertz CT molecular complexity index is 597. The van der Waals surface area contributed by atoms with Gasteiger partial charge in [-0.1, -0.05) is 6.07 Å². The first kappa shape index (κ1) is 14.1. The van der Waals surface area contributed by atoms with Crippen molar-refractivity contribution in [3.05, 3.63) is 59.4 Å². The van der Waals surface area contributed by atoms with Gasteiger partial charge in [0.1, 0.15) is 0 Å². The smallest absolute Gasteiger partial charge is 0.335 e. The van der Waals surface area contributed by atoms with Gasteiger partial charge in [-0.25, -0.2) is 4.79 Å². The number of nitrogens with zero attached hydrogens (tertiary/aromatic N) is 2. The predicted molar refractivity (Wildman–Crippen MR) is 79.1 cm³/mol. The Morgan fingerprint density at radius 2 is 2.10 bits per heavy atom. The fourth-order valence-electron chi connectivity index (χ4n) is 2.16. The number of carboxylic acids is 1. The number of benzene rings is 1. The molecule has 0 fully saturated rings. The first-order chi connectivity index (χ1) is 9.61. The third kappa shape index (κ3) is 3.15. The molecule has 1 N–H and O–H groups in total. The molecule has 1 heterocycles. The summed E-state index contributed by atoms with van der Waals surface area (Å²) in [6.07, 6.45) is 1.78. The Hall–Kier alpha value is -2.36. The van der Waals surface area contributed by atoms with E-state index in [9.17, 15) is 4.79 Å². The minimum atomic E-state index is -0.887. The van der Waals surface area contributed by atoms with E-state index in [0.29, 0.717) is 12.1 Å². The quantitative estimate of drug-likeness (QED) is 0.907. The zero-order valence-electron chi connectivity index (χ0n) is 11.7. The average Bonchev–Trinajstić information content (AvgIpc) is 2.45. The van der Waals surface area contributed by atoms with E-state index < -0.39 is 5.97 Å². The fourth-order valence-corrected chi connectivity index (χ4v) is 2.16. The Morgan fingerprint density at radius 1 is 1.30 bits per heavy atom. The maximum atomic E-state index is 11.0. The van der Waals surface area contributed by atoms with Crippen molar-refractivity contribution in [2.75, 3.05) is 11.4 Å². The molecule has 2 rings (SSSR count). The summed E-state index contributed by atoms with van der Waals surface area (Å²) in [5.74, 6) is -0.887. The molecule has 0 saturated carbocycles. The van der Waals surface area contributed by atoms with Crippen LogP contribution in [0.4, 0.5) is 5.69 Å². The first-order valence-electron chi connectivity index (χ1n) is 6.60. The molecule has 20 heavy (non-hydrogen) atoms. The van der Waals surface area contributed by atoms with E-state index in [2.05, 4.69) is 16.8 Å². The van der Waals surface area contributed by atoms with Crippen LogP contribution >= 0.6 is 0 Å². The average molecular weight is 270 g/mol. The largest absolute Gasteiger partial charge is 0.478 e. The standard InChI is InChI=1S/C16H18N2O2/c1-3-18(11-13-6-4-5-9-17-13)14-7-8-15(16(19)20)12(2)10-14/h4-10H,3,11H2,1-2H3,(H,19,20). The zero-order valence-corrected chi connectivity index (χ0v) is 11.7. The summed E-state index contributed by atoms with van der Waals surface area (Å²) < 4.78 is 0. The van der Waals surface area contributed by atoms with Gasteiger partial charge in [0, 0.05) is 18.4 Å². The van der Waals surface area contributed by atoms with Gasteiger partial charge in [-0.05, 0) is 49.7 Å². The van der Waals surface area contributed by atoms with Crippen LogP contribution in [-0.2, 0) is 6.54 Å². The Kier molecular flexibility index (Phi) is 4.35. The summed E-state index contributed by atoms with van der Waals surface area (Å²) in [5, 5.41) is 9.06. The maximum Gasteiger partial charge on any atom is 0.335 e. The molecule has 0 bridgehead atoms. The number of carboxylic acid groups (broad SMARTS) is 1. The Labute approximate surface area is 118 Å². The van der Waals surface area contributed by atoms with Crippen molar-refractivity contribution in [3.63, 3.8) is 0 Å². The molecule has 0 radical (unpaired) electrons. The molecule has 0 aliphatic carbocycles. The lowest BCUT2D eigenvalue weighted by Crippen LogP contribution is -2.22. The third-order valence-electron chi connectivity index (χ3n) is 3.27. The van der Waals surface area contributed by atoms with Gasteiger partial charge in [-0.3, -0.25) is 4.98 Å². The lowest BCUT2D eigenvalue weighted by atomic mass is 10.1. The van der Waals surface area contributed by atoms with Gasteiger partial charge in [-0.2, -0.15) is 0 Å². The van der Waals surface area contributed by atoms with Crippen LogP contribution in [0.25, 0.3) is 0 Å². The van der Waals surface area contributed by atoms with Crippen molar-refractivity contribution in [2.24, 2.45) is 0 Å². The van der Waals surface area contributed by atoms with Gasteiger partial charge in [-0.15, -0.1) is 0 Å². The number of carbonyl (C=O) groups is 1. The molecule has 1 aromatic carbocycles. The molecular weight excluding hydrogens is 252 g/mol. The van der Waals surface area contributed by atoms with Gasteiger partial charge in [0.2, 0.25) is 0 Å². The second-order valence-electron chi connectivity index (χ2n) is 4.64. The molecule has 2 aromatic rings. The van der Waals surface area contributed by atoms with E-state index >= 15 is 0 Å². The molecular formula is C16H18N2O2. The highest BCUT2D eigenvalue weighted by molar-refractivity contribution is 5.89. The van der Waals surface area contributed by atoms with Crippen molar-refractivity contribution >= 4 is 11.7 Å². The normalized spacial score (nSPS) is 10.3. The number of aromatic carboxylic acids is 1. The van der Waals surface area contributed by atoms with Crippen LogP contribution in [0, 0.1) is 6.92 Å². The number of hydrogen-bond acceptors (Lipinski definition) is 3. The number of aromatic nitrogens is 1. The third-order valence-corrected chi connectivity index (χ3v) is 3.27. The van der Waals surface area contributed by atoms with Crippen LogP contribution in [0.5, 0.6) is 0 Å². The van der Waals surface area contributed by atoms with Crippen molar-refractivity contribution in [1.29, 1.82) is 0 Å². The van der Waals surface area contributed by atoms with E-state index in [1.165, 1.54) is 0 Å². The number of hydrogen-bond donors (Lipinski definition) is 1. The molecule has 0 atom stereocenters. The number of rotatable bonds is 5. The minimum absolute atomic E-state index is 0.350. The second kappa shape index (κ2) is 6.19. The van der Waals surface area contributed by atoms with Crippen LogP contribution in [-0.4, -0.2) is 22.6 Å². The van der Waals surface area contributed by atoms with Gasteiger partial charge < -0.3 is 10.0 Å². The van der Waals surface area contributed by atoms with Crippen molar-refractivity contribution in [1.82, 2.24) is 4.98 Å². The monoisotopic (exact) mass is 270 g/mol. The molecule has 0 unspecified atom stereocenters. The summed E-state index contributed by atoms with van der Waals surface area (Å²) in [7, 11) is 0. The Balaban J connectivity index is 2.24. The second-order valence-corrected chi connectivity index (χ2v) is 4.64. The number of aryl methyl sites for hydroxylation is 1. The van der Waals surface area contributed by atoms with Crippen molar-refractivity contribution < 1.29 is 9.90 Å². The van der Waals surface area contributed by atoms with E-state index in [4.69, 9.17) is 5.11 Å². The lowest BCUT2D eigenvalue weighted by Gasteiger charge is -2.23. The molecule has 0 spiro atoms. The first-order valence-corrected chi connectivity index (χ1v) is 6.60. The summed E-state index contributed by atoms with van der Waals surface area (Å²) in [6.45, 7) is 5.44. The van der Waals surface area contributed by atoms with E-state index in [1.54, 1.807) is 12.3 Å². The maximum absolute atomic E-state index is 11.0. The van der Waals surface area contributed by atoms with Gasteiger partial charge in [0.15, 0.2) is 0 Å². The topological polar surface area (TPSA) is 53.4 Å². The van der Waals surface area contributed by atoms with Crippen LogP contribution in [0.15, 0.2) is 42.6 Å². The van der Waals surface area contributed by atoms with Gasteiger partial charge >= 0.3 is 5.97 Å². The molecule has 4 nitrogen and oxygen atoms in total. The predicted octanol–water partition coefficient (Wildman–Crippen LogP) is 3.11. The van der Waals surface area contributed by atoms with E-state index in [1.807, 2.05) is 37.3 Å². The minimum Gasteiger partial charge on any atom is -0.478 e. The SMILES string of the molecule is CCN(Cc1ccccn1)c1ccc(C(=O)O)c(C)c1. The lowest BCUT2D eigenvalue weighted by molar-refractivity contribution is 0.0696. The zero-order chi connectivity index (χ0) is 14.5. The van der Waals surface area contributed by atoms with Gasteiger partial charge in [0.05, 0.1) is 17.8 Å². The number of pyridine rings is 1. The van der Waals surface area contributed by atoms with E-state index in [0.717, 1.165) is 23.5 Å². The Morgan fingerprint density at radius 3 is 2.65 bits per heavy atom. The van der Waals surface area contributed by atoms with Crippen molar-refractivity contribution in [2.45, 2.75) is 20.4 Å². The molecule has 4 heteroatoms. The van der Waals surface area contributed by atoms with E-state index in [-0.39, 0.29) is 0 Å². The fraction of sp³-hybridized carbons (Fsp3) is 0.250. The molecule has 0 aliphatic heterocycles. The molecule has 104 valence electrons. The highest BCUT2D eigenvalue weighted by Crippen LogP contribution is 2.20. The van der Waals surface area contributed by atoms with Crippen LogP contribution in [0.2, 0.25) is 0 Å². The molecule has 0 amide bonds. The highest BCUT2D eigenvalue weighted by Gasteiger charge is 2.11. The van der Waals surface area contributed by atoms with Crippen molar-refractivity contribution in [3.8, 4) is 0 Å². The van der Waals surface area contributed by atoms with Gasteiger partial charge in [0.25, 0.3) is 0 Å². The number of anilines is 1. The summed E-state index contributed by atoms with van der Waals surface area (Å²) in [5.41, 5.74) is 3.13. The summed E-state index contributed by atoms with van der Waals surface area (Å²) >= 11 is 0. The highest BCUT2D eigenvalue weighted by atomic mass is 16.4. The summed E-state index contributed by atoms with van der Waals surface area (Å²) in [4.78, 5) is 17.5. The van der Waals surface area contributed by atoms with Crippen LogP contribution < -0.4 is 4.90 Å². The molecule has 0 saturated heterocycles. The summed E-state index contributed by atoms with van der Waals surface area (Å²) in [6, 6.07) is 11.3. The van der Waals surface area contributed by atoms with Crippen LogP contribution in [0.1, 0.15) is 28.5 Å².